The molecule has 2 aromatic carbocycles. The van der Waals surface area contributed by atoms with Gasteiger partial charge >= 0.3 is 0 Å². The first-order chi connectivity index (χ1) is 13.0. The minimum Gasteiger partial charge on any atom is -0.370 e. The van der Waals surface area contributed by atoms with Gasteiger partial charge in [0.05, 0.1) is 10.9 Å². The summed E-state index contributed by atoms with van der Waals surface area (Å²) < 4.78 is 0.238. The van der Waals surface area contributed by atoms with Gasteiger partial charge in [0.1, 0.15) is 0 Å². The zero-order valence-electron chi connectivity index (χ0n) is 15.3. The molecule has 0 aliphatic heterocycles. The molecule has 0 saturated heterocycles. The quantitative estimate of drug-likeness (QED) is 0.572. The Bertz CT molecular complexity index is 1090. The summed E-state index contributed by atoms with van der Waals surface area (Å²) in [6.07, 6.45) is 0. The summed E-state index contributed by atoms with van der Waals surface area (Å²) in [5, 5.41) is 3.40. The lowest BCUT2D eigenvalue weighted by atomic mass is 10.1. The number of anilines is 1. The number of hydrogen-bond donors (Lipinski definition) is 3. The molecule has 140 valence electrons. The third-order valence-electron chi connectivity index (χ3n) is 4.42. The fourth-order valence-electron chi connectivity index (χ4n) is 3.01. The monoisotopic (exact) mass is 382 g/mol. The van der Waals surface area contributed by atoms with Crippen LogP contribution in [0, 0.1) is 11.7 Å². The van der Waals surface area contributed by atoms with E-state index < -0.39 is 0 Å². The van der Waals surface area contributed by atoms with Crippen molar-refractivity contribution >= 4 is 34.7 Å². The predicted octanol–water partition coefficient (Wildman–Crippen LogP) is 3.15. The number of aromatic nitrogens is 2. The van der Waals surface area contributed by atoms with Crippen molar-refractivity contribution in [3.8, 4) is 0 Å². The van der Waals surface area contributed by atoms with E-state index in [1.54, 1.807) is 18.2 Å². The van der Waals surface area contributed by atoms with Crippen molar-refractivity contribution in [3.63, 3.8) is 0 Å². The second kappa shape index (κ2) is 8.18. The minimum absolute atomic E-state index is 0.184. The lowest BCUT2D eigenvalue weighted by Crippen LogP contribution is -2.35. The van der Waals surface area contributed by atoms with Gasteiger partial charge in [0, 0.05) is 30.9 Å². The van der Waals surface area contributed by atoms with Gasteiger partial charge in [0.15, 0.2) is 4.77 Å². The van der Waals surface area contributed by atoms with E-state index >= 15 is 0 Å². The van der Waals surface area contributed by atoms with Crippen LogP contribution in [0.15, 0.2) is 47.3 Å². The van der Waals surface area contributed by atoms with Gasteiger partial charge in [-0.25, -0.2) is 0 Å². The first-order valence-electron chi connectivity index (χ1n) is 8.84. The second-order valence-corrected chi connectivity index (χ2v) is 6.75. The van der Waals surface area contributed by atoms with Crippen molar-refractivity contribution in [1.82, 2.24) is 15.3 Å². The van der Waals surface area contributed by atoms with Gasteiger partial charge in [-0.2, -0.15) is 0 Å². The highest BCUT2D eigenvalue weighted by Gasteiger charge is 2.09. The topological polar surface area (TPSA) is 81.0 Å². The largest absolute Gasteiger partial charge is 0.370 e. The van der Waals surface area contributed by atoms with Crippen LogP contribution in [-0.2, 0) is 0 Å². The van der Waals surface area contributed by atoms with E-state index in [0.717, 1.165) is 12.2 Å². The maximum absolute atomic E-state index is 12.5. The van der Waals surface area contributed by atoms with Crippen LogP contribution in [-0.4, -0.2) is 35.5 Å². The van der Waals surface area contributed by atoms with Crippen molar-refractivity contribution in [2.24, 2.45) is 0 Å². The Morgan fingerprint density at radius 2 is 2.00 bits per heavy atom. The lowest BCUT2D eigenvalue weighted by molar-refractivity contribution is 0.0954. The molecule has 3 aromatic rings. The highest BCUT2D eigenvalue weighted by atomic mass is 32.1. The number of hydrogen-bond acceptors (Lipinski definition) is 4. The molecule has 27 heavy (non-hydrogen) atoms. The van der Waals surface area contributed by atoms with E-state index in [4.69, 9.17) is 12.2 Å². The molecule has 1 amide bonds. The maximum Gasteiger partial charge on any atom is 0.259 e. The van der Waals surface area contributed by atoms with Crippen LogP contribution in [0.2, 0.25) is 0 Å². The Labute approximate surface area is 162 Å². The molecule has 0 saturated carbocycles. The molecule has 0 aliphatic rings. The summed E-state index contributed by atoms with van der Waals surface area (Å²) in [4.78, 5) is 32.0. The number of fused-ring (bicyclic) bond motifs is 1. The van der Waals surface area contributed by atoms with Crippen LogP contribution in [0.4, 0.5) is 5.69 Å². The Kier molecular flexibility index (Phi) is 5.71. The number of aryl methyl sites for hydroxylation is 1. The van der Waals surface area contributed by atoms with E-state index in [2.05, 4.69) is 52.2 Å². The standard InChI is InChI=1S/C20H22N4O2S/c1-3-24(15-6-4-5-13(2)11-15)10-9-21-18(25)14-7-8-16-17(12-14)22-20(27)23-19(16)26/h4-8,11-12H,3,9-10H2,1-2H3,(H,21,25)(H2,22,23,26,27). The summed E-state index contributed by atoms with van der Waals surface area (Å²) in [5.74, 6) is -0.184. The van der Waals surface area contributed by atoms with Gasteiger partial charge in [-0.3, -0.25) is 14.6 Å². The summed E-state index contributed by atoms with van der Waals surface area (Å²) in [7, 11) is 0. The molecule has 3 N–H and O–H groups in total. The van der Waals surface area contributed by atoms with Crippen molar-refractivity contribution < 1.29 is 4.79 Å². The normalized spacial score (nSPS) is 10.7. The maximum atomic E-state index is 12.5. The Hall–Kier alpha value is -2.93. The Morgan fingerprint density at radius 1 is 1.19 bits per heavy atom. The number of carbonyl (C=O) groups excluding carboxylic acids is 1. The smallest absolute Gasteiger partial charge is 0.259 e. The van der Waals surface area contributed by atoms with Crippen molar-refractivity contribution in [2.45, 2.75) is 13.8 Å². The van der Waals surface area contributed by atoms with Crippen LogP contribution >= 0.6 is 12.2 Å². The summed E-state index contributed by atoms with van der Waals surface area (Å²) in [6.45, 7) is 6.24. The van der Waals surface area contributed by atoms with E-state index in [9.17, 15) is 9.59 Å². The van der Waals surface area contributed by atoms with Gasteiger partial charge in [-0.15, -0.1) is 0 Å². The van der Waals surface area contributed by atoms with Gasteiger partial charge in [0.25, 0.3) is 11.5 Å². The minimum atomic E-state index is -0.266. The fourth-order valence-corrected chi connectivity index (χ4v) is 3.21. The average molecular weight is 382 g/mol. The molecular formula is C20H22N4O2S. The SMILES string of the molecule is CCN(CCNC(=O)c1ccc2c(=O)[nH]c(=S)[nH]c2c1)c1cccc(C)c1. The Balaban J connectivity index is 1.67. The average Bonchev–Trinajstić information content (AvgIpc) is 2.64. The molecule has 0 fully saturated rings. The van der Waals surface area contributed by atoms with Gasteiger partial charge in [0.2, 0.25) is 0 Å². The van der Waals surface area contributed by atoms with Crippen LogP contribution < -0.4 is 15.8 Å². The zero-order valence-corrected chi connectivity index (χ0v) is 16.2. The van der Waals surface area contributed by atoms with E-state index in [0.29, 0.717) is 29.6 Å². The molecule has 6 nitrogen and oxygen atoms in total. The van der Waals surface area contributed by atoms with Gasteiger partial charge < -0.3 is 15.2 Å². The summed E-state index contributed by atoms with van der Waals surface area (Å²) in [6, 6.07) is 13.2. The van der Waals surface area contributed by atoms with E-state index in [-0.39, 0.29) is 16.2 Å². The Morgan fingerprint density at radius 3 is 2.74 bits per heavy atom. The number of H-pyrrole nitrogens is 2. The molecule has 0 radical (unpaired) electrons. The van der Waals surface area contributed by atoms with Crippen LogP contribution in [0.3, 0.4) is 0 Å². The molecule has 0 unspecified atom stereocenters. The third-order valence-corrected chi connectivity index (χ3v) is 4.62. The lowest BCUT2D eigenvalue weighted by Gasteiger charge is -2.23. The van der Waals surface area contributed by atoms with Crippen LogP contribution in [0.25, 0.3) is 10.9 Å². The highest BCUT2D eigenvalue weighted by Crippen LogP contribution is 2.15. The number of rotatable bonds is 6. The number of likely N-dealkylation sites (N-methyl/N-ethyl adjacent to an activating group) is 1. The van der Waals surface area contributed by atoms with Crippen LogP contribution in [0.1, 0.15) is 22.8 Å². The summed E-state index contributed by atoms with van der Waals surface area (Å²) >= 11 is 4.99. The fraction of sp³-hybridized carbons (Fsp3) is 0.250. The predicted molar refractivity (Wildman–Crippen MR) is 111 cm³/mol. The van der Waals surface area contributed by atoms with Crippen molar-refractivity contribution in [1.29, 1.82) is 0 Å². The van der Waals surface area contributed by atoms with Gasteiger partial charge in [-0.05, 0) is 62.0 Å². The third kappa shape index (κ3) is 4.43. The molecule has 7 heteroatoms. The van der Waals surface area contributed by atoms with E-state index in [1.165, 1.54) is 5.56 Å². The van der Waals surface area contributed by atoms with E-state index in [1.807, 2.05) is 6.07 Å². The number of amides is 1. The summed E-state index contributed by atoms with van der Waals surface area (Å²) in [5.41, 5.74) is 3.11. The number of aromatic amines is 2. The first-order valence-corrected chi connectivity index (χ1v) is 9.25. The van der Waals surface area contributed by atoms with Crippen molar-refractivity contribution in [3.05, 3.63) is 68.7 Å². The highest BCUT2D eigenvalue weighted by molar-refractivity contribution is 7.71. The molecule has 0 bridgehead atoms. The molecule has 0 atom stereocenters. The zero-order chi connectivity index (χ0) is 19.4. The number of nitrogens with zero attached hydrogens (tertiary/aromatic N) is 1. The number of nitrogens with one attached hydrogen (secondary N) is 3. The second-order valence-electron chi connectivity index (χ2n) is 6.34. The number of benzene rings is 2. The molecule has 1 aromatic heterocycles. The number of carbonyl (C=O) groups is 1. The van der Waals surface area contributed by atoms with Crippen LogP contribution in [0.5, 0.6) is 0 Å². The van der Waals surface area contributed by atoms with Gasteiger partial charge in [-0.1, -0.05) is 12.1 Å². The first kappa shape index (κ1) is 18.8. The molecule has 0 aliphatic carbocycles. The molecule has 0 spiro atoms. The molecular weight excluding hydrogens is 360 g/mol. The van der Waals surface area contributed by atoms with Crippen molar-refractivity contribution in [2.75, 3.05) is 24.5 Å². The molecule has 1 heterocycles. The molecule has 3 rings (SSSR count).